The van der Waals surface area contributed by atoms with Crippen molar-refractivity contribution in [3.05, 3.63) is 71.5 Å². The third-order valence-electron chi connectivity index (χ3n) is 3.30. The lowest BCUT2D eigenvalue weighted by Crippen LogP contribution is -1.99. The molecule has 3 aromatic rings. The molecule has 2 aromatic heterocycles. The lowest BCUT2D eigenvalue weighted by molar-refractivity contribution is 0.397. The van der Waals surface area contributed by atoms with Crippen molar-refractivity contribution in [1.29, 1.82) is 0 Å². The second kappa shape index (κ2) is 6.35. The molecule has 0 atom stereocenters. The highest BCUT2D eigenvalue weighted by atomic mass is 16.5. The molecule has 110 valence electrons. The second-order valence-electron chi connectivity index (χ2n) is 5.05. The van der Waals surface area contributed by atoms with Crippen molar-refractivity contribution in [2.75, 3.05) is 7.11 Å². The molecule has 0 saturated carbocycles. The molecule has 3 rings (SSSR count). The fourth-order valence-corrected chi connectivity index (χ4v) is 2.27. The number of aryl methyl sites for hydroxylation is 1. The molecule has 0 amide bonds. The van der Waals surface area contributed by atoms with Crippen molar-refractivity contribution in [3.8, 4) is 17.4 Å². The Hall–Kier alpha value is -2.75. The lowest BCUT2D eigenvalue weighted by Gasteiger charge is -2.06. The number of hydrogen-bond donors (Lipinski definition) is 0. The normalized spacial score (nSPS) is 10.5. The zero-order chi connectivity index (χ0) is 15.4. The molecule has 0 N–H and O–H groups in total. The van der Waals surface area contributed by atoms with Gasteiger partial charge in [0.05, 0.1) is 7.11 Å². The average molecular weight is 291 g/mol. The number of nitrogens with zero attached hydrogens (tertiary/aromatic N) is 3. The SMILES string of the molecule is COc1cc(C)nc(-c2cccc(Cc3ccccc3)n2)n1. The molecule has 0 aliphatic rings. The number of aromatic nitrogens is 3. The Bertz CT molecular complexity index is 772. The van der Waals surface area contributed by atoms with Gasteiger partial charge in [-0.1, -0.05) is 36.4 Å². The molecular formula is C18H17N3O. The van der Waals surface area contributed by atoms with E-state index in [1.54, 1.807) is 13.2 Å². The van der Waals surface area contributed by atoms with Crippen molar-refractivity contribution < 1.29 is 4.74 Å². The molecule has 1 aromatic carbocycles. The third-order valence-corrected chi connectivity index (χ3v) is 3.30. The summed E-state index contributed by atoms with van der Waals surface area (Å²) < 4.78 is 5.20. The number of rotatable bonds is 4. The fraction of sp³-hybridized carbons (Fsp3) is 0.167. The van der Waals surface area contributed by atoms with E-state index >= 15 is 0 Å². The van der Waals surface area contributed by atoms with Crippen LogP contribution < -0.4 is 4.74 Å². The van der Waals surface area contributed by atoms with E-state index in [1.165, 1.54) is 5.56 Å². The molecule has 4 nitrogen and oxygen atoms in total. The summed E-state index contributed by atoms with van der Waals surface area (Å²) in [6.45, 7) is 1.92. The first kappa shape index (κ1) is 14.2. The Morgan fingerprint density at radius 2 is 1.73 bits per heavy atom. The molecule has 0 bridgehead atoms. The Labute approximate surface area is 129 Å². The topological polar surface area (TPSA) is 47.9 Å². The Morgan fingerprint density at radius 3 is 2.50 bits per heavy atom. The molecule has 0 aliphatic heterocycles. The smallest absolute Gasteiger partial charge is 0.216 e. The van der Waals surface area contributed by atoms with Crippen LogP contribution in [0, 0.1) is 6.92 Å². The van der Waals surface area contributed by atoms with Crippen LogP contribution in [0.15, 0.2) is 54.6 Å². The van der Waals surface area contributed by atoms with Gasteiger partial charge in [0.15, 0.2) is 5.82 Å². The molecule has 0 radical (unpaired) electrons. The highest BCUT2D eigenvalue weighted by molar-refractivity contribution is 5.50. The van der Waals surface area contributed by atoms with Gasteiger partial charge < -0.3 is 4.74 Å². The number of pyridine rings is 1. The summed E-state index contributed by atoms with van der Waals surface area (Å²) in [4.78, 5) is 13.5. The molecule has 2 heterocycles. The van der Waals surface area contributed by atoms with Crippen molar-refractivity contribution in [1.82, 2.24) is 15.0 Å². The third kappa shape index (κ3) is 3.28. The van der Waals surface area contributed by atoms with E-state index in [4.69, 9.17) is 4.74 Å². The predicted octanol–water partition coefficient (Wildman–Crippen LogP) is 3.45. The maximum atomic E-state index is 5.20. The first-order valence-corrected chi connectivity index (χ1v) is 7.14. The van der Waals surface area contributed by atoms with Gasteiger partial charge in [-0.3, -0.25) is 0 Å². The summed E-state index contributed by atoms with van der Waals surface area (Å²) in [7, 11) is 1.60. The van der Waals surface area contributed by atoms with E-state index in [-0.39, 0.29) is 0 Å². The molecule has 22 heavy (non-hydrogen) atoms. The number of benzene rings is 1. The summed E-state index contributed by atoms with van der Waals surface area (Å²) in [5, 5.41) is 0. The van der Waals surface area contributed by atoms with E-state index in [9.17, 15) is 0 Å². The van der Waals surface area contributed by atoms with Crippen molar-refractivity contribution in [2.45, 2.75) is 13.3 Å². The van der Waals surface area contributed by atoms with Gasteiger partial charge in [-0.05, 0) is 24.6 Å². The number of methoxy groups -OCH3 is 1. The minimum Gasteiger partial charge on any atom is -0.481 e. The highest BCUT2D eigenvalue weighted by Crippen LogP contribution is 2.18. The largest absolute Gasteiger partial charge is 0.481 e. The van der Waals surface area contributed by atoms with Crippen molar-refractivity contribution >= 4 is 0 Å². The van der Waals surface area contributed by atoms with Crippen LogP contribution in [0.5, 0.6) is 5.88 Å². The quantitative estimate of drug-likeness (QED) is 0.738. The van der Waals surface area contributed by atoms with Gasteiger partial charge in [0.2, 0.25) is 5.88 Å². The molecule has 0 unspecified atom stereocenters. The molecule has 4 heteroatoms. The molecule has 0 fully saturated rings. The lowest BCUT2D eigenvalue weighted by atomic mass is 10.1. The van der Waals surface area contributed by atoms with Gasteiger partial charge in [-0.2, -0.15) is 4.98 Å². The van der Waals surface area contributed by atoms with Crippen LogP contribution in [0.4, 0.5) is 0 Å². The van der Waals surface area contributed by atoms with Crippen LogP contribution in [0.3, 0.4) is 0 Å². The van der Waals surface area contributed by atoms with Gasteiger partial charge in [0, 0.05) is 23.9 Å². The fourth-order valence-electron chi connectivity index (χ4n) is 2.27. The molecule has 0 aliphatic carbocycles. The number of ether oxygens (including phenoxy) is 1. The van der Waals surface area contributed by atoms with Crippen molar-refractivity contribution in [3.63, 3.8) is 0 Å². The second-order valence-corrected chi connectivity index (χ2v) is 5.05. The van der Waals surface area contributed by atoms with Crippen LogP contribution in [0.2, 0.25) is 0 Å². The van der Waals surface area contributed by atoms with Gasteiger partial charge in [0.1, 0.15) is 5.69 Å². The van der Waals surface area contributed by atoms with Crippen LogP contribution in [0.1, 0.15) is 17.0 Å². The van der Waals surface area contributed by atoms with E-state index in [2.05, 4.69) is 27.1 Å². The van der Waals surface area contributed by atoms with Gasteiger partial charge >= 0.3 is 0 Å². The minimum atomic E-state index is 0.553. The predicted molar refractivity (Wildman–Crippen MR) is 85.8 cm³/mol. The van der Waals surface area contributed by atoms with Gasteiger partial charge in [0.25, 0.3) is 0 Å². The van der Waals surface area contributed by atoms with E-state index in [1.807, 2.05) is 43.3 Å². The van der Waals surface area contributed by atoms with Crippen LogP contribution in [-0.2, 0) is 6.42 Å². The first-order valence-electron chi connectivity index (χ1n) is 7.14. The molecule has 0 saturated heterocycles. The van der Waals surface area contributed by atoms with E-state index in [0.717, 1.165) is 23.5 Å². The minimum absolute atomic E-state index is 0.553. The van der Waals surface area contributed by atoms with Crippen LogP contribution in [-0.4, -0.2) is 22.1 Å². The van der Waals surface area contributed by atoms with E-state index in [0.29, 0.717) is 11.7 Å². The Kier molecular flexibility index (Phi) is 4.10. The van der Waals surface area contributed by atoms with E-state index < -0.39 is 0 Å². The van der Waals surface area contributed by atoms with Crippen molar-refractivity contribution in [2.24, 2.45) is 0 Å². The van der Waals surface area contributed by atoms with Crippen LogP contribution in [0.25, 0.3) is 11.5 Å². The maximum Gasteiger partial charge on any atom is 0.216 e. The van der Waals surface area contributed by atoms with Gasteiger partial charge in [-0.25, -0.2) is 9.97 Å². The van der Waals surface area contributed by atoms with Crippen LogP contribution >= 0.6 is 0 Å². The zero-order valence-corrected chi connectivity index (χ0v) is 12.7. The molecule has 0 spiro atoms. The highest BCUT2D eigenvalue weighted by Gasteiger charge is 2.08. The summed E-state index contributed by atoms with van der Waals surface area (Å²) in [6.07, 6.45) is 0.789. The zero-order valence-electron chi connectivity index (χ0n) is 12.7. The number of hydrogen-bond acceptors (Lipinski definition) is 4. The Balaban J connectivity index is 1.92. The molecular weight excluding hydrogens is 274 g/mol. The first-order chi connectivity index (χ1) is 10.7. The summed E-state index contributed by atoms with van der Waals surface area (Å²) in [5.74, 6) is 1.14. The summed E-state index contributed by atoms with van der Waals surface area (Å²) >= 11 is 0. The Morgan fingerprint density at radius 1 is 0.909 bits per heavy atom. The maximum absolute atomic E-state index is 5.20. The monoisotopic (exact) mass is 291 g/mol. The van der Waals surface area contributed by atoms with Gasteiger partial charge in [-0.15, -0.1) is 0 Å². The summed E-state index contributed by atoms with van der Waals surface area (Å²) in [5.41, 5.74) is 3.84. The average Bonchev–Trinajstić information content (AvgIpc) is 2.55. The summed E-state index contributed by atoms with van der Waals surface area (Å²) in [6, 6.07) is 18.0. The standard InChI is InChI=1S/C18H17N3O/c1-13-11-17(22-2)21-18(19-13)16-10-6-9-15(20-16)12-14-7-4-3-5-8-14/h3-11H,12H2,1-2H3.